The highest BCUT2D eigenvalue weighted by Crippen LogP contribution is 2.26. The predicted octanol–water partition coefficient (Wildman–Crippen LogP) is 3.41. The van der Waals surface area contributed by atoms with E-state index in [-0.39, 0.29) is 27.2 Å². The highest BCUT2D eigenvalue weighted by atomic mass is 35.5. The van der Waals surface area contributed by atoms with Gasteiger partial charge in [-0.1, -0.05) is 23.2 Å². The van der Waals surface area contributed by atoms with Gasteiger partial charge in [-0.05, 0) is 12.1 Å². The van der Waals surface area contributed by atoms with Gasteiger partial charge < -0.3 is 5.32 Å². The van der Waals surface area contributed by atoms with Crippen LogP contribution in [0.25, 0.3) is 0 Å². The first-order valence-electron chi connectivity index (χ1n) is 5.66. The summed E-state index contributed by atoms with van der Waals surface area (Å²) in [5.41, 5.74) is -2.32. The summed E-state index contributed by atoms with van der Waals surface area (Å²) >= 11 is 11.5. The van der Waals surface area contributed by atoms with Crippen molar-refractivity contribution in [2.45, 2.75) is 6.18 Å². The van der Waals surface area contributed by atoms with Gasteiger partial charge in [0.15, 0.2) is 6.29 Å². The molecule has 0 spiro atoms. The minimum absolute atomic E-state index is 0.00532. The van der Waals surface area contributed by atoms with Gasteiger partial charge in [0.25, 0.3) is 0 Å². The van der Waals surface area contributed by atoms with E-state index in [0.717, 1.165) is 19.2 Å². The number of carbonyl (C=O) groups is 2. The number of nitrogens with one attached hydrogen (secondary N) is 2. The van der Waals surface area contributed by atoms with E-state index in [4.69, 9.17) is 28.6 Å². The Morgan fingerprint density at radius 1 is 1.27 bits per heavy atom. The Labute approximate surface area is 133 Å². The summed E-state index contributed by atoms with van der Waals surface area (Å²) in [6.07, 6.45) is -4.14. The van der Waals surface area contributed by atoms with Crippen molar-refractivity contribution < 1.29 is 22.8 Å². The molecule has 0 amide bonds. The maximum Gasteiger partial charge on any atom is 0.431 e. The molecule has 2 N–H and O–H groups in total. The van der Waals surface area contributed by atoms with Crippen LogP contribution in [0.5, 0.6) is 0 Å². The Balaban J connectivity index is 3.24. The Morgan fingerprint density at radius 2 is 1.86 bits per heavy atom. The minimum atomic E-state index is -4.76. The lowest BCUT2D eigenvalue weighted by molar-refractivity contribution is -0.111. The van der Waals surface area contributed by atoms with Crippen LogP contribution in [0, 0.1) is 5.41 Å². The van der Waals surface area contributed by atoms with E-state index < -0.39 is 23.4 Å². The van der Waals surface area contributed by atoms with E-state index in [2.05, 4.69) is 0 Å². The number of alkyl halides is 3. The van der Waals surface area contributed by atoms with E-state index in [1.54, 1.807) is 0 Å². The fourth-order valence-electron chi connectivity index (χ4n) is 1.48. The molecule has 0 aliphatic heterocycles. The highest BCUT2D eigenvalue weighted by molar-refractivity contribution is 6.52. The number of rotatable bonds is 5. The smallest absolute Gasteiger partial charge is 0.384 e. The second-order valence-electron chi connectivity index (χ2n) is 4.02. The van der Waals surface area contributed by atoms with E-state index in [9.17, 15) is 22.8 Å². The molecule has 9 heteroatoms. The lowest BCUT2D eigenvalue weighted by atomic mass is 10.0. The number of carbonyl (C=O) groups excluding carboxylic acids is 2. The number of allylic oxidation sites excluding steroid dienone is 2. The third kappa shape index (κ3) is 4.08. The van der Waals surface area contributed by atoms with Gasteiger partial charge >= 0.3 is 6.18 Å². The van der Waals surface area contributed by atoms with Gasteiger partial charge in [0.2, 0.25) is 5.78 Å². The second-order valence-corrected chi connectivity index (χ2v) is 4.83. The number of halogens is 5. The van der Waals surface area contributed by atoms with Crippen LogP contribution in [0.15, 0.2) is 23.9 Å². The van der Waals surface area contributed by atoms with Gasteiger partial charge in [0.05, 0.1) is 10.0 Å². The van der Waals surface area contributed by atoms with Crippen molar-refractivity contribution in [1.29, 1.82) is 5.41 Å². The molecule has 1 aromatic rings. The standard InChI is InChI=1S/C13H9Cl2F3N2O2/c1-20-11(13(16,17)18)4-10(22)12(19)7-2-6(5-21)8(14)3-9(7)15/h2-5,19-20H,1H3/b11-4-,19-12?. The van der Waals surface area contributed by atoms with Crippen LogP contribution in [-0.2, 0) is 4.79 Å². The Hall–Kier alpha value is -1.86. The molecule has 0 bridgehead atoms. The molecule has 0 atom stereocenters. The lowest BCUT2D eigenvalue weighted by Crippen LogP contribution is -2.25. The van der Waals surface area contributed by atoms with Gasteiger partial charge in [-0.3, -0.25) is 15.0 Å². The molecule has 4 nitrogen and oxygen atoms in total. The van der Waals surface area contributed by atoms with Crippen molar-refractivity contribution in [2.75, 3.05) is 7.05 Å². The molecule has 0 aromatic heterocycles. The summed E-state index contributed by atoms with van der Waals surface area (Å²) < 4.78 is 37.7. The van der Waals surface area contributed by atoms with Crippen molar-refractivity contribution in [1.82, 2.24) is 5.32 Å². The van der Waals surface area contributed by atoms with Crippen LogP contribution in [0.4, 0.5) is 13.2 Å². The SMILES string of the molecule is CN/C(=C\C(=O)C(=N)c1cc(C=O)c(Cl)cc1Cl)C(F)(F)F. The Morgan fingerprint density at radius 3 is 2.32 bits per heavy atom. The van der Waals surface area contributed by atoms with E-state index >= 15 is 0 Å². The summed E-state index contributed by atoms with van der Waals surface area (Å²) in [6.45, 7) is 0. The zero-order valence-electron chi connectivity index (χ0n) is 11.0. The molecule has 1 rings (SSSR count). The zero-order valence-corrected chi connectivity index (χ0v) is 12.5. The van der Waals surface area contributed by atoms with Gasteiger partial charge in [-0.2, -0.15) is 13.2 Å². The topological polar surface area (TPSA) is 70.0 Å². The van der Waals surface area contributed by atoms with Crippen LogP contribution in [0.3, 0.4) is 0 Å². The molecule has 0 radical (unpaired) electrons. The molecule has 0 heterocycles. The summed E-state index contributed by atoms with van der Waals surface area (Å²) in [5.74, 6) is -1.22. The summed E-state index contributed by atoms with van der Waals surface area (Å²) in [7, 11) is 0.996. The van der Waals surface area contributed by atoms with Gasteiger partial charge in [-0.15, -0.1) is 0 Å². The molecule has 118 valence electrons. The van der Waals surface area contributed by atoms with Gasteiger partial charge in [0.1, 0.15) is 11.4 Å². The van der Waals surface area contributed by atoms with Crippen molar-refractivity contribution >= 4 is 41.0 Å². The van der Waals surface area contributed by atoms with E-state index in [1.807, 2.05) is 5.32 Å². The molecular weight excluding hydrogens is 344 g/mol. The normalized spacial score (nSPS) is 12.0. The van der Waals surface area contributed by atoms with Crippen molar-refractivity contribution in [3.8, 4) is 0 Å². The first-order chi connectivity index (χ1) is 10.1. The molecule has 1 aromatic carbocycles. The van der Waals surface area contributed by atoms with Crippen molar-refractivity contribution in [2.24, 2.45) is 0 Å². The Bertz CT molecular complexity index is 670. The lowest BCUT2D eigenvalue weighted by Gasteiger charge is -2.11. The molecule has 0 saturated heterocycles. The van der Waals surface area contributed by atoms with Gasteiger partial charge in [0, 0.05) is 24.3 Å². The van der Waals surface area contributed by atoms with Crippen LogP contribution in [-0.4, -0.2) is 31.0 Å². The summed E-state index contributed by atoms with van der Waals surface area (Å²) in [5, 5.41) is 9.37. The average Bonchev–Trinajstić information content (AvgIpc) is 2.42. The number of hydrogen-bond donors (Lipinski definition) is 2. The number of benzene rings is 1. The first kappa shape index (κ1) is 18.2. The van der Waals surface area contributed by atoms with Crippen LogP contribution in [0.2, 0.25) is 10.0 Å². The Kier molecular flexibility index (Phi) is 5.73. The maximum absolute atomic E-state index is 12.6. The fraction of sp³-hybridized carbons (Fsp3) is 0.154. The van der Waals surface area contributed by atoms with Crippen LogP contribution >= 0.6 is 23.2 Å². The molecule has 0 aliphatic carbocycles. The predicted molar refractivity (Wildman–Crippen MR) is 76.9 cm³/mol. The molecular formula is C13H9Cl2F3N2O2. The highest BCUT2D eigenvalue weighted by Gasteiger charge is 2.34. The van der Waals surface area contributed by atoms with Crippen molar-refractivity contribution in [3.63, 3.8) is 0 Å². The summed E-state index contributed by atoms with van der Waals surface area (Å²) in [4.78, 5) is 22.6. The molecule has 0 fully saturated rings. The van der Waals surface area contributed by atoms with E-state index in [1.165, 1.54) is 0 Å². The third-order valence-electron chi connectivity index (χ3n) is 2.58. The fourth-order valence-corrected chi connectivity index (χ4v) is 2.00. The molecule has 0 saturated carbocycles. The molecule has 22 heavy (non-hydrogen) atoms. The van der Waals surface area contributed by atoms with Gasteiger partial charge in [-0.25, -0.2) is 0 Å². The number of aldehydes is 1. The maximum atomic E-state index is 12.6. The van der Waals surface area contributed by atoms with Crippen LogP contribution < -0.4 is 5.32 Å². The van der Waals surface area contributed by atoms with Crippen LogP contribution in [0.1, 0.15) is 15.9 Å². The average molecular weight is 353 g/mol. The molecule has 0 aliphatic rings. The monoisotopic (exact) mass is 352 g/mol. The largest absolute Gasteiger partial charge is 0.431 e. The first-order valence-corrected chi connectivity index (χ1v) is 6.41. The quantitative estimate of drug-likeness (QED) is 0.484. The minimum Gasteiger partial charge on any atom is -0.384 e. The molecule has 0 unspecified atom stereocenters. The number of hydrogen-bond acceptors (Lipinski definition) is 4. The van der Waals surface area contributed by atoms with Crippen molar-refractivity contribution in [3.05, 3.63) is 45.1 Å². The zero-order chi connectivity index (χ0) is 17.1. The van der Waals surface area contributed by atoms with E-state index in [0.29, 0.717) is 6.29 Å². The third-order valence-corrected chi connectivity index (χ3v) is 3.22. The summed E-state index contributed by atoms with van der Waals surface area (Å²) in [6, 6.07) is 2.20. The number of ketones is 1. The second kappa shape index (κ2) is 6.93.